The highest BCUT2D eigenvalue weighted by Gasteiger charge is 2.19. The molecule has 1 aliphatic carbocycles. The van der Waals surface area contributed by atoms with E-state index >= 15 is 0 Å². The van der Waals surface area contributed by atoms with Crippen molar-refractivity contribution in [1.82, 2.24) is 10.6 Å². The van der Waals surface area contributed by atoms with E-state index in [1.54, 1.807) is 0 Å². The maximum Gasteiger partial charge on any atom is 0.220 e. The van der Waals surface area contributed by atoms with Crippen LogP contribution >= 0.6 is 0 Å². The highest BCUT2D eigenvalue weighted by molar-refractivity contribution is 5.75. The Morgan fingerprint density at radius 3 is 2.82 bits per heavy atom. The SMILES string of the molecule is O=C(CCC1CCCO1)NCCCNC1CC1. The summed E-state index contributed by atoms with van der Waals surface area (Å²) in [4.78, 5) is 11.5. The zero-order valence-corrected chi connectivity index (χ0v) is 10.5. The molecule has 0 spiro atoms. The van der Waals surface area contributed by atoms with Crippen molar-refractivity contribution in [2.24, 2.45) is 0 Å². The smallest absolute Gasteiger partial charge is 0.220 e. The van der Waals surface area contributed by atoms with Crippen LogP contribution < -0.4 is 10.6 Å². The number of rotatable bonds is 8. The Morgan fingerprint density at radius 2 is 2.12 bits per heavy atom. The molecule has 0 aromatic carbocycles. The Hall–Kier alpha value is -0.610. The van der Waals surface area contributed by atoms with E-state index in [1.165, 1.54) is 12.8 Å². The van der Waals surface area contributed by atoms with Crippen molar-refractivity contribution < 1.29 is 9.53 Å². The van der Waals surface area contributed by atoms with Gasteiger partial charge in [-0.3, -0.25) is 4.79 Å². The van der Waals surface area contributed by atoms with Crippen LogP contribution in [0.5, 0.6) is 0 Å². The van der Waals surface area contributed by atoms with Gasteiger partial charge < -0.3 is 15.4 Å². The van der Waals surface area contributed by atoms with E-state index in [0.717, 1.165) is 51.4 Å². The van der Waals surface area contributed by atoms with Crippen molar-refractivity contribution in [1.29, 1.82) is 0 Å². The first-order chi connectivity index (χ1) is 8.34. The van der Waals surface area contributed by atoms with E-state index in [-0.39, 0.29) is 5.91 Å². The second-order valence-electron chi connectivity index (χ2n) is 5.11. The minimum atomic E-state index is 0.173. The van der Waals surface area contributed by atoms with Crippen LogP contribution in [0.3, 0.4) is 0 Å². The van der Waals surface area contributed by atoms with Crippen molar-refractivity contribution in [3.63, 3.8) is 0 Å². The largest absolute Gasteiger partial charge is 0.378 e. The van der Waals surface area contributed by atoms with Gasteiger partial charge in [-0.1, -0.05) is 0 Å². The van der Waals surface area contributed by atoms with Crippen molar-refractivity contribution in [2.75, 3.05) is 19.7 Å². The molecule has 1 saturated heterocycles. The maximum absolute atomic E-state index is 11.5. The molecule has 1 atom stereocenters. The van der Waals surface area contributed by atoms with E-state index in [2.05, 4.69) is 10.6 Å². The van der Waals surface area contributed by atoms with E-state index in [4.69, 9.17) is 4.74 Å². The fourth-order valence-electron chi connectivity index (χ4n) is 2.16. The Bertz CT molecular complexity index is 236. The number of carbonyl (C=O) groups excluding carboxylic acids is 1. The highest BCUT2D eigenvalue weighted by atomic mass is 16.5. The van der Waals surface area contributed by atoms with Gasteiger partial charge in [-0.2, -0.15) is 0 Å². The summed E-state index contributed by atoms with van der Waals surface area (Å²) in [6.45, 7) is 2.69. The summed E-state index contributed by atoms with van der Waals surface area (Å²) in [6.07, 6.45) is 7.78. The molecule has 4 heteroatoms. The van der Waals surface area contributed by atoms with E-state index in [9.17, 15) is 4.79 Å². The fraction of sp³-hybridized carbons (Fsp3) is 0.923. The molecule has 2 rings (SSSR count). The molecule has 0 aromatic heterocycles. The number of hydrogen-bond acceptors (Lipinski definition) is 3. The van der Waals surface area contributed by atoms with Gasteiger partial charge in [0.15, 0.2) is 0 Å². The van der Waals surface area contributed by atoms with Crippen molar-refractivity contribution in [2.45, 2.75) is 57.1 Å². The first-order valence-corrected chi connectivity index (χ1v) is 6.96. The lowest BCUT2D eigenvalue weighted by atomic mass is 10.1. The number of nitrogens with one attached hydrogen (secondary N) is 2. The number of amides is 1. The summed E-state index contributed by atoms with van der Waals surface area (Å²) < 4.78 is 5.49. The molecule has 1 amide bonds. The molecule has 1 heterocycles. The van der Waals surface area contributed by atoms with Crippen LogP contribution in [0.1, 0.15) is 44.9 Å². The average Bonchev–Trinajstić information content (AvgIpc) is 3.00. The third kappa shape index (κ3) is 5.50. The Labute approximate surface area is 103 Å². The first-order valence-electron chi connectivity index (χ1n) is 6.96. The van der Waals surface area contributed by atoms with Crippen LogP contribution in [0.15, 0.2) is 0 Å². The van der Waals surface area contributed by atoms with Gasteiger partial charge in [0.25, 0.3) is 0 Å². The minimum absolute atomic E-state index is 0.173. The summed E-state index contributed by atoms with van der Waals surface area (Å²) >= 11 is 0. The third-order valence-corrected chi connectivity index (χ3v) is 3.40. The lowest BCUT2D eigenvalue weighted by molar-refractivity contribution is -0.121. The molecule has 0 radical (unpaired) electrons. The Morgan fingerprint density at radius 1 is 1.24 bits per heavy atom. The maximum atomic E-state index is 11.5. The number of hydrogen-bond donors (Lipinski definition) is 2. The average molecular weight is 240 g/mol. The van der Waals surface area contributed by atoms with Crippen molar-refractivity contribution in [3.8, 4) is 0 Å². The van der Waals surface area contributed by atoms with E-state index in [0.29, 0.717) is 12.5 Å². The quantitative estimate of drug-likeness (QED) is 0.627. The molecule has 17 heavy (non-hydrogen) atoms. The molecule has 0 bridgehead atoms. The molecule has 1 unspecified atom stereocenters. The Balaban J connectivity index is 1.40. The molecule has 4 nitrogen and oxygen atoms in total. The fourth-order valence-corrected chi connectivity index (χ4v) is 2.16. The predicted molar refractivity (Wildman–Crippen MR) is 66.9 cm³/mol. The van der Waals surface area contributed by atoms with Gasteiger partial charge in [-0.15, -0.1) is 0 Å². The van der Waals surface area contributed by atoms with Crippen molar-refractivity contribution in [3.05, 3.63) is 0 Å². The van der Waals surface area contributed by atoms with E-state index < -0.39 is 0 Å². The summed E-state index contributed by atoms with van der Waals surface area (Å²) in [7, 11) is 0. The predicted octanol–water partition coefficient (Wildman–Crippen LogP) is 1.20. The normalized spacial score (nSPS) is 23.9. The molecule has 98 valence electrons. The molecule has 1 aliphatic heterocycles. The molecule has 1 saturated carbocycles. The first kappa shape index (κ1) is 12.8. The van der Waals surface area contributed by atoms with Crippen LogP contribution in [-0.2, 0) is 9.53 Å². The van der Waals surface area contributed by atoms with Gasteiger partial charge >= 0.3 is 0 Å². The molecule has 0 aromatic rings. The van der Waals surface area contributed by atoms with Crippen LogP contribution in [0, 0.1) is 0 Å². The van der Waals surface area contributed by atoms with Gasteiger partial charge in [-0.25, -0.2) is 0 Å². The van der Waals surface area contributed by atoms with Crippen LogP contribution in [0.2, 0.25) is 0 Å². The summed E-state index contributed by atoms with van der Waals surface area (Å²) in [5.41, 5.74) is 0. The topological polar surface area (TPSA) is 50.4 Å². The van der Waals surface area contributed by atoms with Gasteiger partial charge in [0, 0.05) is 25.6 Å². The van der Waals surface area contributed by atoms with E-state index in [1.807, 2.05) is 0 Å². The molecule has 2 aliphatic rings. The lowest BCUT2D eigenvalue weighted by Crippen LogP contribution is -2.28. The van der Waals surface area contributed by atoms with Crippen LogP contribution in [-0.4, -0.2) is 37.7 Å². The molecule has 2 fully saturated rings. The second-order valence-corrected chi connectivity index (χ2v) is 5.11. The second kappa shape index (κ2) is 6.97. The minimum Gasteiger partial charge on any atom is -0.378 e. The van der Waals surface area contributed by atoms with Crippen molar-refractivity contribution >= 4 is 5.91 Å². The number of carbonyl (C=O) groups is 1. The van der Waals surface area contributed by atoms with Gasteiger partial charge in [0.1, 0.15) is 0 Å². The van der Waals surface area contributed by atoms with Gasteiger partial charge in [0.2, 0.25) is 5.91 Å². The van der Waals surface area contributed by atoms with Crippen LogP contribution in [0.4, 0.5) is 0 Å². The molecular formula is C13H24N2O2. The number of ether oxygens (including phenoxy) is 1. The summed E-state index contributed by atoms with van der Waals surface area (Å²) in [6, 6.07) is 0.769. The zero-order valence-electron chi connectivity index (χ0n) is 10.5. The van der Waals surface area contributed by atoms with Gasteiger partial charge in [-0.05, 0) is 45.1 Å². The lowest BCUT2D eigenvalue weighted by Gasteiger charge is -2.09. The molecular weight excluding hydrogens is 216 g/mol. The van der Waals surface area contributed by atoms with Gasteiger partial charge in [0.05, 0.1) is 6.10 Å². The Kier molecular flexibility index (Phi) is 5.26. The third-order valence-electron chi connectivity index (χ3n) is 3.40. The molecule has 2 N–H and O–H groups in total. The summed E-state index contributed by atoms with van der Waals surface area (Å²) in [5.74, 6) is 0.173. The van der Waals surface area contributed by atoms with Crippen LogP contribution in [0.25, 0.3) is 0 Å². The highest BCUT2D eigenvalue weighted by Crippen LogP contribution is 2.18. The summed E-state index contributed by atoms with van der Waals surface area (Å²) in [5, 5.41) is 6.40. The monoisotopic (exact) mass is 240 g/mol. The zero-order chi connectivity index (χ0) is 11.9. The standard InChI is InChI=1S/C13H24N2O2/c16-13(7-6-12-3-1-10-17-12)15-9-2-8-14-11-4-5-11/h11-12,14H,1-10H2,(H,15,16).